The molecule has 4 aliphatic carbocycles. The Labute approximate surface area is 224 Å². The van der Waals surface area contributed by atoms with Crippen molar-refractivity contribution >= 4 is 0 Å². The second kappa shape index (κ2) is 13.4. The summed E-state index contributed by atoms with van der Waals surface area (Å²) in [6, 6.07) is 0. The second-order valence-electron chi connectivity index (χ2n) is 11.6. The average Bonchev–Trinajstić information content (AvgIpc) is 2.92. The molecule has 0 aromatic heterocycles. The highest BCUT2D eigenvalue weighted by Crippen LogP contribution is 2.45. The minimum absolute atomic E-state index is 0.00371. The van der Waals surface area contributed by atoms with Crippen molar-refractivity contribution in [3.05, 3.63) is 59.6 Å². The molecule has 1 N–H and O–H groups in total. The molecule has 3 unspecified atom stereocenters. The van der Waals surface area contributed by atoms with Crippen LogP contribution in [0.2, 0.25) is 0 Å². The van der Waals surface area contributed by atoms with Crippen molar-refractivity contribution in [3.63, 3.8) is 0 Å². The van der Waals surface area contributed by atoms with Crippen LogP contribution >= 0.6 is 0 Å². The molecule has 2 fully saturated rings. The number of aliphatic hydroxyl groups excluding tert-OH is 1. The Kier molecular flexibility index (Phi) is 10.2. The smallest absolute Gasteiger partial charge is 0.196 e. The first-order valence-electron chi connectivity index (χ1n) is 14.4. The van der Waals surface area contributed by atoms with E-state index in [0.29, 0.717) is 25.9 Å². The van der Waals surface area contributed by atoms with Crippen molar-refractivity contribution in [2.24, 2.45) is 35.5 Å². The molecule has 3 atom stereocenters. The third kappa shape index (κ3) is 6.75. The first-order valence-corrected chi connectivity index (χ1v) is 14.4. The Balaban J connectivity index is 1.22. The lowest BCUT2D eigenvalue weighted by Gasteiger charge is -2.36. The van der Waals surface area contributed by atoms with Gasteiger partial charge >= 0.3 is 0 Å². The zero-order valence-electron chi connectivity index (χ0n) is 22.4. The SMILES string of the molecule is C=CCCOC1=CCC(C2CCC(COC3=CCC(C4CCC(C(C)O)CC4)C(F)=C3F)CC2)C(F)=C1F. The molecule has 4 rings (SSSR count). The molecule has 0 spiro atoms. The maximum absolute atomic E-state index is 15.0. The largest absolute Gasteiger partial charge is 0.490 e. The van der Waals surface area contributed by atoms with E-state index >= 15 is 0 Å². The number of allylic oxidation sites excluding steroid dienone is 6. The molecule has 2 saturated carbocycles. The van der Waals surface area contributed by atoms with E-state index in [9.17, 15) is 22.7 Å². The van der Waals surface area contributed by atoms with Crippen LogP contribution in [0.3, 0.4) is 0 Å². The Bertz CT molecular complexity index is 950. The Morgan fingerprint density at radius 3 is 1.84 bits per heavy atom. The van der Waals surface area contributed by atoms with Crippen LogP contribution in [0.1, 0.15) is 77.6 Å². The molecule has 212 valence electrons. The normalized spacial score (nSPS) is 33.4. The predicted octanol–water partition coefficient (Wildman–Crippen LogP) is 8.70. The van der Waals surface area contributed by atoms with Crippen LogP contribution in [-0.2, 0) is 9.47 Å². The topological polar surface area (TPSA) is 38.7 Å². The molecule has 0 amide bonds. The predicted molar refractivity (Wildman–Crippen MR) is 140 cm³/mol. The summed E-state index contributed by atoms with van der Waals surface area (Å²) in [6.45, 7) is 5.96. The van der Waals surface area contributed by atoms with Gasteiger partial charge in [0.15, 0.2) is 23.2 Å². The highest BCUT2D eigenvalue weighted by atomic mass is 19.2. The minimum Gasteiger partial charge on any atom is -0.490 e. The Morgan fingerprint density at radius 2 is 1.34 bits per heavy atom. The van der Waals surface area contributed by atoms with Gasteiger partial charge in [0.1, 0.15) is 11.7 Å². The summed E-state index contributed by atoms with van der Waals surface area (Å²) in [5.41, 5.74) is 0. The fraction of sp³-hybridized carbons (Fsp3) is 0.677. The first-order chi connectivity index (χ1) is 18.3. The first kappa shape index (κ1) is 29.0. The Hall–Kier alpha value is -2.02. The van der Waals surface area contributed by atoms with Gasteiger partial charge in [-0.25, -0.2) is 17.6 Å². The van der Waals surface area contributed by atoms with Crippen LogP contribution in [0.15, 0.2) is 59.6 Å². The maximum atomic E-state index is 15.0. The summed E-state index contributed by atoms with van der Waals surface area (Å²) in [7, 11) is 0. The number of hydrogen-bond acceptors (Lipinski definition) is 3. The van der Waals surface area contributed by atoms with Gasteiger partial charge in [-0.05, 0) is 113 Å². The van der Waals surface area contributed by atoms with Gasteiger partial charge < -0.3 is 14.6 Å². The summed E-state index contributed by atoms with van der Waals surface area (Å²) in [5.74, 6) is -3.59. The van der Waals surface area contributed by atoms with Crippen molar-refractivity contribution in [3.8, 4) is 0 Å². The number of halogens is 4. The molecule has 7 heteroatoms. The molecule has 0 radical (unpaired) electrons. The highest BCUT2D eigenvalue weighted by Gasteiger charge is 2.37. The lowest BCUT2D eigenvalue weighted by Crippen LogP contribution is -2.28. The van der Waals surface area contributed by atoms with Gasteiger partial charge in [0, 0.05) is 11.8 Å². The monoisotopic (exact) mass is 538 g/mol. The third-order valence-electron chi connectivity index (χ3n) is 9.20. The summed E-state index contributed by atoms with van der Waals surface area (Å²) in [6.07, 6.45) is 12.4. The molecule has 0 heterocycles. The van der Waals surface area contributed by atoms with Gasteiger partial charge in [-0.2, -0.15) is 0 Å². The summed E-state index contributed by atoms with van der Waals surface area (Å²) >= 11 is 0. The molecular weight excluding hydrogens is 496 g/mol. The molecule has 3 nitrogen and oxygen atoms in total. The number of aliphatic hydroxyl groups is 1. The van der Waals surface area contributed by atoms with E-state index in [4.69, 9.17) is 9.47 Å². The zero-order chi connectivity index (χ0) is 27.2. The van der Waals surface area contributed by atoms with Crippen molar-refractivity contribution in [1.82, 2.24) is 0 Å². The number of rotatable bonds is 10. The van der Waals surface area contributed by atoms with Crippen molar-refractivity contribution < 1.29 is 32.1 Å². The van der Waals surface area contributed by atoms with Crippen LogP contribution in [0, 0.1) is 35.5 Å². The van der Waals surface area contributed by atoms with Gasteiger partial charge in [0.05, 0.1) is 19.3 Å². The van der Waals surface area contributed by atoms with E-state index in [2.05, 4.69) is 6.58 Å². The average molecular weight is 539 g/mol. The van der Waals surface area contributed by atoms with Crippen LogP contribution in [0.25, 0.3) is 0 Å². The molecule has 0 saturated heterocycles. The van der Waals surface area contributed by atoms with E-state index < -0.39 is 35.1 Å². The standard InChI is InChI=1S/C31H42F4O3/c1-3-4-17-37-26-15-13-24(28(32)30(26)34)22-7-5-20(6-8-22)18-38-27-16-14-25(29(33)31(27)35)23-11-9-21(10-12-23)19(2)36/h3,15-16,19-25,36H,1,4-14,17-18H2,2H3. The van der Waals surface area contributed by atoms with E-state index in [-0.39, 0.29) is 47.9 Å². The number of ether oxygens (including phenoxy) is 2. The summed E-state index contributed by atoms with van der Waals surface area (Å²) in [5, 5.41) is 9.80. The fourth-order valence-corrected chi connectivity index (χ4v) is 6.71. The molecule has 38 heavy (non-hydrogen) atoms. The van der Waals surface area contributed by atoms with Gasteiger partial charge in [-0.3, -0.25) is 0 Å². The van der Waals surface area contributed by atoms with Crippen LogP contribution < -0.4 is 0 Å². The maximum Gasteiger partial charge on any atom is 0.196 e. The summed E-state index contributed by atoms with van der Waals surface area (Å²) in [4.78, 5) is 0. The Morgan fingerprint density at radius 1 is 0.842 bits per heavy atom. The van der Waals surface area contributed by atoms with Gasteiger partial charge in [0.25, 0.3) is 0 Å². The van der Waals surface area contributed by atoms with Crippen LogP contribution in [0.5, 0.6) is 0 Å². The lowest BCUT2D eigenvalue weighted by molar-refractivity contribution is 0.0765. The fourth-order valence-electron chi connectivity index (χ4n) is 6.71. The van der Waals surface area contributed by atoms with Crippen molar-refractivity contribution in [2.45, 2.75) is 83.7 Å². The molecule has 0 aliphatic heterocycles. The summed E-state index contributed by atoms with van der Waals surface area (Å²) < 4.78 is 70.3. The minimum atomic E-state index is -0.890. The van der Waals surface area contributed by atoms with Gasteiger partial charge in [0.2, 0.25) is 0 Å². The third-order valence-corrected chi connectivity index (χ3v) is 9.20. The lowest BCUT2D eigenvalue weighted by atomic mass is 9.72. The second-order valence-corrected chi connectivity index (χ2v) is 11.6. The molecular formula is C31H42F4O3. The molecule has 0 bridgehead atoms. The highest BCUT2D eigenvalue weighted by molar-refractivity contribution is 5.30. The number of hydrogen-bond donors (Lipinski definition) is 1. The van der Waals surface area contributed by atoms with Gasteiger partial charge in [-0.15, -0.1) is 6.58 Å². The molecule has 4 aliphatic rings. The van der Waals surface area contributed by atoms with Crippen molar-refractivity contribution in [2.75, 3.05) is 13.2 Å². The quantitative estimate of drug-likeness (QED) is 0.172. The van der Waals surface area contributed by atoms with Crippen LogP contribution in [0.4, 0.5) is 17.6 Å². The van der Waals surface area contributed by atoms with Crippen LogP contribution in [-0.4, -0.2) is 24.4 Å². The van der Waals surface area contributed by atoms with Gasteiger partial charge in [-0.1, -0.05) is 6.08 Å². The van der Waals surface area contributed by atoms with E-state index in [0.717, 1.165) is 51.4 Å². The van der Waals surface area contributed by atoms with Crippen molar-refractivity contribution in [1.29, 1.82) is 0 Å². The molecule has 0 aromatic carbocycles. The van der Waals surface area contributed by atoms with E-state index in [1.165, 1.54) is 0 Å². The van der Waals surface area contributed by atoms with E-state index in [1.807, 2.05) is 0 Å². The zero-order valence-corrected chi connectivity index (χ0v) is 22.4. The van der Waals surface area contributed by atoms with E-state index in [1.54, 1.807) is 25.2 Å². The molecule has 0 aromatic rings.